The summed E-state index contributed by atoms with van der Waals surface area (Å²) >= 11 is 0. The number of non-ortho nitro benzene ring substituents is 1. The molecule has 1 heterocycles. The fraction of sp³-hybridized carbons (Fsp3) is 0.400. The molecule has 5 nitrogen and oxygen atoms in total. The maximum atomic E-state index is 10.0. The molecule has 0 radical (unpaired) electrons. The zero-order chi connectivity index (χ0) is 10.9. The van der Waals surface area contributed by atoms with Crippen molar-refractivity contribution in [3.8, 4) is 0 Å². The lowest BCUT2D eigenvalue weighted by atomic mass is 10.3. The average molecular weight is 211 g/mol. The minimum absolute atomic E-state index is 0.137. The molecule has 1 saturated heterocycles. The Labute approximate surface area is 87.8 Å². The Hall–Kier alpha value is -1.46. The van der Waals surface area contributed by atoms with Crippen molar-refractivity contribution in [2.45, 2.75) is 0 Å². The number of nitro benzene ring substituents is 1. The molecule has 1 aromatic rings. The summed E-state index contributed by atoms with van der Waals surface area (Å²) in [5.41, 5.74) is 0.137. The Balaban J connectivity index is 0.000000162. The number of para-hydroxylation sites is 1. The van der Waals surface area contributed by atoms with Gasteiger partial charge in [-0.2, -0.15) is 0 Å². The molecule has 82 valence electrons. The van der Waals surface area contributed by atoms with E-state index in [1.807, 2.05) is 0 Å². The van der Waals surface area contributed by atoms with Gasteiger partial charge in [-0.1, -0.05) is 18.2 Å². The van der Waals surface area contributed by atoms with Crippen LogP contribution < -0.4 is 0 Å². The second-order valence-corrected chi connectivity index (χ2v) is 2.82. The fourth-order valence-electron chi connectivity index (χ4n) is 0.990. The van der Waals surface area contributed by atoms with Gasteiger partial charge >= 0.3 is 0 Å². The van der Waals surface area contributed by atoms with Crippen LogP contribution in [0.1, 0.15) is 0 Å². The molecule has 0 unspecified atom stereocenters. The minimum atomic E-state index is -0.417. The third kappa shape index (κ3) is 5.09. The molecule has 0 atom stereocenters. The van der Waals surface area contributed by atoms with E-state index in [1.54, 1.807) is 18.2 Å². The Morgan fingerprint density at radius 2 is 1.47 bits per heavy atom. The Kier molecular flexibility index (Phi) is 5.35. The predicted molar refractivity (Wildman–Crippen MR) is 54.7 cm³/mol. The highest BCUT2D eigenvalue weighted by Gasteiger charge is 1.98. The molecule has 0 amide bonds. The summed E-state index contributed by atoms with van der Waals surface area (Å²) < 4.78 is 9.89. The van der Waals surface area contributed by atoms with Crippen LogP contribution in [0.2, 0.25) is 0 Å². The third-order valence-corrected chi connectivity index (χ3v) is 1.71. The van der Waals surface area contributed by atoms with Crippen LogP contribution in [0.3, 0.4) is 0 Å². The number of benzene rings is 1. The Morgan fingerprint density at radius 3 is 1.73 bits per heavy atom. The standard InChI is InChI=1S/C6H5NO2.C4H8O2/c8-7(9)6-4-2-1-3-5-6;1-2-6-4-3-5-1/h1-5H;1-4H2. The van der Waals surface area contributed by atoms with E-state index in [1.165, 1.54) is 12.1 Å². The van der Waals surface area contributed by atoms with Crippen LogP contribution in [0.15, 0.2) is 30.3 Å². The van der Waals surface area contributed by atoms with E-state index in [0.717, 1.165) is 26.4 Å². The van der Waals surface area contributed by atoms with Crippen LogP contribution in [0.25, 0.3) is 0 Å². The van der Waals surface area contributed by atoms with Crippen LogP contribution in [0, 0.1) is 10.1 Å². The predicted octanol–water partition coefficient (Wildman–Crippen LogP) is 1.63. The van der Waals surface area contributed by atoms with Gasteiger partial charge in [0.15, 0.2) is 0 Å². The quantitative estimate of drug-likeness (QED) is 0.523. The van der Waals surface area contributed by atoms with E-state index < -0.39 is 4.92 Å². The molecule has 1 aliphatic heterocycles. The van der Waals surface area contributed by atoms with E-state index in [-0.39, 0.29) is 5.69 Å². The van der Waals surface area contributed by atoms with Gasteiger partial charge in [-0.25, -0.2) is 0 Å². The number of nitrogens with zero attached hydrogens (tertiary/aromatic N) is 1. The van der Waals surface area contributed by atoms with Gasteiger partial charge in [-0.15, -0.1) is 0 Å². The molecule has 5 heteroatoms. The molecule has 0 aliphatic carbocycles. The molecule has 1 aromatic carbocycles. The van der Waals surface area contributed by atoms with Crippen LogP contribution in [0.4, 0.5) is 5.69 Å². The van der Waals surface area contributed by atoms with Gasteiger partial charge in [-0.05, 0) is 0 Å². The Bertz CT molecular complexity index is 273. The Morgan fingerprint density at radius 1 is 1.00 bits per heavy atom. The second-order valence-electron chi connectivity index (χ2n) is 2.82. The number of hydrogen-bond donors (Lipinski definition) is 0. The average Bonchev–Trinajstić information content (AvgIpc) is 2.33. The zero-order valence-electron chi connectivity index (χ0n) is 8.30. The summed E-state index contributed by atoms with van der Waals surface area (Å²) in [7, 11) is 0. The molecule has 0 spiro atoms. The highest BCUT2D eigenvalue weighted by atomic mass is 16.6. The van der Waals surface area contributed by atoms with E-state index in [2.05, 4.69) is 0 Å². The van der Waals surface area contributed by atoms with Crippen molar-refractivity contribution in [1.29, 1.82) is 0 Å². The van der Waals surface area contributed by atoms with Gasteiger partial charge in [0.25, 0.3) is 5.69 Å². The summed E-state index contributed by atoms with van der Waals surface area (Å²) in [4.78, 5) is 9.59. The molecule has 0 N–H and O–H groups in total. The van der Waals surface area contributed by atoms with Crippen molar-refractivity contribution in [2.24, 2.45) is 0 Å². The lowest BCUT2D eigenvalue weighted by Gasteiger charge is -2.09. The first-order valence-electron chi connectivity index (χ1n) is 4.65. The van der Waals surface area contributed by atoms with Crippen LogP contribution in [-0.2, 0) is 9.47 Å². The van der Waals surface area contributed by atoms with E-state index in [0.29, 0.717) is 0 Å². The smallest absolute Gasteiger partial charge is 0.269 e. The van der Waals surface area contributed by atoms with Crippen LogP contribution in [0.5, 0.6) is 0 Å². The first-order chi connectivity index (χ1) is 7.30. The molecular formula is C10H13NO4. The first kappa shape index (κ1) is 11.6. The normalized spacial score (nSPS) is 14.9. The van der Waals surface area contributed by atoms with Gasteiger partial charge in [0.1, 0.15) is 0 Å². The van der Waals surface area contributed by atoms with Crippen molar-refractivity contribution in [1.82, 2.24) is 0 Å². The summed E-state index contributed by atoms with van der Waals surface area (Å²) in [6.07, 6.45) is 0. The van der Waals surface area contributed by atoms with Gasteiger partial charge in [0.2, 0.25) is 0 Å². The summed E-state index contributed by atoms with van der Waals surface area (Å²) in [5, 5.41) is 10.0. The number of nitro groups is 1. The van der Waals surface area contributed by atoms with Crippen molar-refractivity contribution in [3.63, 3.8) is 0 Å². The van der Waals surface area contributed by atoms with Gasteiger partial charge in [-0.3, -0.25) is 10.1 Å². The molecule has 0 saturated carbocycles. The molecule has 1 aliphatic rings. The van der Waals surface area contributed by atoms with Crippen molar-refractivity contribution in [2.75, 3.05) is 26.4 Å². The minimum Gasteiger partial charge on any atom is -0.377 e. The maximum Gasteiger partial charge on any atom is 0.269 e. The monoisotopic (exact) mass is 211 g/mol. The van der Waals surface area contributed by atoms with E-state index in [4.69, 9.17) is 9.47 Å². The summed E-state index contributed by atoms with van der Waals surface area (Å²) in [6.45, 7) is 3.11. The molecule has 2 rings (SSSR count). The molecule has 15 heavy (non-hydrogen) atoms. The number of hydrogen-bond acceptors (Lipinski definition) is 4. The fourth-order valence-corrected chi connectivity index (χ4v) is 0.990. The van der Waals surface area contributed by atoms with Crippen LogP contribution in [-0.4, -0.2) is 31.4 Å². The van der Waals surface area contributed by atoms with Gasteiger partial charge in [0.05, 0.1) is 31.4 Å². The van der Waals surface area contributed by atoms with Crippen molar-refractivity contribution in [3.05, 3.63) is 40.4 Å². The molecule has 0 bridgehead atoms. The van der Waals surface area contributed by atoms with Gasteiger partial charge < -0.3 is 9.47 Å². The van der Waals surface area contributed by atoms with E-state index in [9.17, 15) is 10.1 Å². The topological polar surface area (TPSA) is 61.6 Å². The van der Waals surface area contributed by atoms with E-state index >= 15 is 0 Å². The summed E-state index contributed by atoms with van der Waals surface area (Å²) in [5.74, 6) is 0. The number of ether oxygens (including phenoxy) is 2. The maximum absolute atomic E-state index is 10.0. The highest BCUT2D eigenvalue weighted by Crippen LogP contribution is 2.06. The molecule has 1 fully saturated rings. The lowest BCUT2D eigenvalue weighted by Crippen LogP contribution is -2.16. The number of rotatable bonds is 1. The van der Waals surface area contributed by atoms with Crippen molar-refractivity contribution >= 4 is 5.69 Å². The lowest BCUT2D eigenvalue weighted by molar-refractivity contribution is -0.384. The largest absolute Gasteiger partial charge is 0.377 e. The molecular weight excluding hydrogens is 198 g/mol. The first-order valence-corrected chi connectivity index (χ1v) is 4.65. The van der Waals surface area contributed by atoms with Crippen molar-refractivity contribution < 1.29 is 14.4 Å². The zero-order valence-corrected chi connectivity index (χ0v) is 8.30. The second kappa shape index (κ2) is 6.92. The highest BCUT2D eigenvalue weighted by molar-refractivity contribution is 5.27. The summed E-state index contributed by atoms with van der Waals surface area (Å²) in [6, 6.07) is 7.93. The third-order valence-electron chi connectivity index (χ3n) is 1.71. The van der Waals surface area contributed by atoms with Crippen LogP contribution >= 0.6 is 0 Å². The molecule has 0 aromatic heterocycles. The van der Waals surface area contributed by atoms with Gasteiger partial charge in [0, 0.05) is 12.1 Å². The SMILES string of the molecule is C1COCCO1.O=[N+]([O-])c1ccccc1.